The van der Waals surface area contributed by atoms with Crippen molar-refractivity contribution < 1.29 is 4.74 Å². The lowest BCUT2D eigenvalue weighted by Gasteiger charge is -2.12. The van der Waals surface area contributed by atoms with Crippen LogP contribution in [0.25, 0.3) is 0 Å². The number of halogens is 1. The Hall–Kier alpha value is -0.380. The van der Waals surface area contributed by atoms with Gasteiger partial charge in [0, 0.05) is 30.3 Å². The lowest BCUT2D eigenvalue weighted by atomic mass is 10.0. The highest BCUT2D eigenvalue weighted by molar-refractivity contribution is 9.10. The zero-order chi connectivity index (χ0) is 13.7. The minimum atomic E-state index is 0.765. The lowest BCUT2D eigenvalue weighted by Crippen LogP contribution is -2.15. The van der Waals surface area contributed by atoms with Crippen LogP contribution in [0.5, 0.6) is 0 Å². The largest absolute Gasteiger partial charge is 0.382 e. The fourth-order valence-corrected chi connectivity index (χ4v) is 2.77. The zero-order valence-electron chi connectivity index (χ0n) is 12.0. The van der Waals surface area contributed by atoms with E-state index in [0.29, 0.717) is 0 Å². The number of hydrogen-bond donors (Lipinski definition) is 1. The molecule has 0 bridgehead atoms. The molecule has 0 aromatic heterocycles. The van der Waals surface area contributed by atoms with Gasteiger partial charge in [-0.25, -0.2) is 0 Å². The Balaban J connectivity index is 1.94. The molecule has 1 saturated carbocycles. The van der Waals surface area contributed by atoms with Gasteiger partial charge in [-0.15, -0.1) is 0 Å². The summed E-state index contributed by atoms with van der Waals surface area (Å²) in [4.78, 5) is 0. The van der Waals surface area contributed by atoms with E-state index in [0.717, 1.165) is 38.6 Å². The van der Waals surface area contributed by atoms with E-state index >= 15 is 0 Å². The van der Waals surface area contributed by atoms with E-state index in [1.807, 2.05) is 6.92 Å². The molecule has 1 N–H and O–H groups in total. The minimum Gasteiger partial charge on any atom is -0.382 e. The summed E-state index contributed by atoms with van der Waals surface area (Å²) in [5.74, 6) is 0. The second-order valence-electron chi connectivity index (χ2n) is 5.32. The first-order chi connectivity index (χ1) is 9.20. The van der Waals surface area contributed by atoms with Gasteiger partial charge in [-0.1, -0.05) is 22.0 Å². The number of ether oxygens (including phenoxy) is 1. The van der Waals surface area contributed by atoms with Crippen molar-refractivity contribution in [2.24, 2.45) is 0 Å². The van der Waals surface area contributed by atoms with Gasteiger partial charge < -0.3 is 10.1 Å². The quantitative estimate of drug-likeness (QED) is 0.730. The Morgan fingerprint density at radius 3 is 2.84 bits per heavy atom. The van der Waals surface area contributed by atoms with E-state index < -0.39 is 0 Å². The van der Waals surface area contributed by atoms with Crippen molar-refractivity contribution in [3.63, 3.8) is 0 Å². The maximum Gasteiger partial charge on any atom is 0.0469 e. The molecule has 19 heavy (non-hydrogen) atoms. The van der Waals surface area contributed by atoms with Crippen LogP contribution >= 0.6 is 15.9 Å². The molecule has 0 aliphatic heterocycles. The van der Waals surface area contributed by atoms with Crippen LogP contribution in [0, 0.1) is 6.92 Å². The minimum absolute atomic E-state index is 0.765. The zero-order valence-corrected chi connectivity index (χ0v) is 13.6. The van der Waals surface area contributed by atoms with Crippen LogP contribution in [0.2, 0.25) is 0 Å². The molecule has 0 saturated heterocycles. The fourth-order valence-electron chi connectivity index (χ4n) is 2.22. The van der Waals surface area contributed by atoms with Gasteiger partial charge in [0.2, 0.25) is 0 Å². The predicted molar refractivity (Wildman–Crippen MR) is 83.6 cm³/mol. The van der Waals surface area contributed by atoms with E-state index in [9.17, 15) is 0 Å². The standard InChI is InChI=1S/C16H24BrNO/c1-3-19-8-4-5-14-9-13(10-16(17)12(14)2)11-18-15-6-7-15/h9-10,15,18H,3-8,11H2,1-2H3. The van der Waals surface area contributed by atoms with Crippen molar-refractivity contribution in [3.8, 4) is 0 Å². The molecule has 2 rings (SSSR count). The van der Waals surface area contributed by atoms with Gasteiger partial charge in [-0.2, -0.15) is 0 Å². The SMILES string of the molecule is CCOCCCc1cc(CNC2CC2)cc(Br)c1C. The second kappa shape index (κ2) is 7.41. The van der Waals surface area contributed by atoms with Crippen LogP contribution in [-0.2, 0) is 17.7 Å². The molecular weight excluding hydrogens is 302 g/mol. The van der Waals surface area contributed by atoms with E-state index in [-0.39, 0.29) is 0 Å². The van der Waals surface area contributed by atoms with E-state index in [4.69, 9.17) is 4.74 Å². The third-order valence-corrected chi connectivity index (χ3v) is 4.45. The smallest absolute Gasteiger partial charge is 0.0469 e. The van der Waals surface area contributed by atoms with Crippen LogP contribution in [0.3, 0.4) is 0 Å². The Morgan fingerprint density at radius 2 is 2.16 bits per heavy atom. The van der Waals surface area contributed by atoms with Gasteiger partial charge in [0.05, 0.1) is 0 Å². The average Bonchev–Trinajstić information content (AvgIpc) is 3.21. The lowest BCUT2D eigenvalue weighted by molar-refractivity contribution is 0.145. The van der Waals surface area contributed by atoms with Crippen LogP contribution in [0.1, 0.15) is 42.9 Å². The summed E-state index contributed by atoms with van der Waals surface area (Å²) in [6.07, 6.45) is 4.88. The molecule has 1 aromatic rings. The molecule has 0 radical (unpaired) electrons. The van der Waals surface area contributed by atoms with Crippen LogP contribution in [0.15, 0.2) is 16.6 Å². The van der Waals surface area contributed by atoms with E-state index in [2.05, 4.69) is 40.3 Å². The van der Waals surface area contributed by atoms with Gasteiger partial charge in [0.25, 0.3) is 0 Å². The van der Waals surface area contributed by atoms with Crippen LogP contribution in [-0.4, -0.2) is 19.3 Å². The maximum atomic E-state index is 5.42. The molecule has 1 fully saturated rings. The van der Waals surface area contributed by atoms with E-state index in [1.165, 1.54) is 34.0 Å². The average molecular weight is 326 g/mol. The van der Waals surface area contributed by atoms with Crippen molar-refractivity contribution in [1.29, 1.82) is 0 Å². The summed E-state index contributed by atoms with van der Waals surface area (Å²) < 4.78 is 6.65. The molecule has 3 heteroatoms. The number of nitrogens with one attached hydrogen (secondary N) is 1. The molecule has 2 nitrogen and oxygen atoms in total. The van der Waals surface area contributed by atoms with Crippen LogP contribution < -0.4 is 5.32 Å². The van der Waals surface area contributed by atoms with Crippen molar-refractivity contribution in [2.45, 2.75) is 52.1 Å². The van der Waals surface area contributed by atoms with Gasteiger partial charge in [-0.05, 0) is 62.3 Å². The first kappa shape index (κ1) is 15.0. The summed E-state index contributed by atoms with van der Waals surface area (Å²) in [7, 11) is 0. The first-order valence-corrected chi connectivity index (χ1v) is 8.09. The summed E-state index contributed by atoms with van der Waals surface area (Å²) in [6, 6.07) is 5.36. The molecule has 0 amide bonds. The number of benzene rings is 1. The summed E-state index contributed by atoms with van der Waals surface area (Å²) in [5.41, 5.74) is 4.20. The third-order valence-electron chi connectivity index (χ3n) is 3.62. The summed E-state index contributed by atoms with van der Waals surface area (Å²) in [5, 5.41) is 3.58. The van der Waals surface area contributed by atoms with Crippen LogP contribution in [0.4, 0.5) is 0 Å². The van der Waals surface area contributed by atoms with Gasteiger partial charge in [0.15, 0.2) is 0 Å². The van der Waals surface area contributed by atoms with Gasteiger partial charge >= 0.3 is 0 Å². The molecule has 0 atom stereocenters. The Kier molecular flexibility index (Phi) is 5.86. The highest BCUT2D eigenvalue weighted by atomic mass is 79.9. The molecule has 1 aliphatic rings. The molecule has 1 aliphatic carbocycles. The molecule has 0 unspecified atom stereocenters. The van der Waals surface area contributed by atoms with Crippen molar-refractivity contribution in [3.05, 3.63) is 33.3 Å². The topological polar surface area (TPSA) is 21.3 Å². The Morgan fingerprint density at radius 1 is 1.37 bits per heavy atom. The number of rotatable bonds is 8. The maximum absolute atomic E-state index is 5.42. The third kappa shape index (κ3) is 4.90. The number of hydrogen-bond acceptors (Lipinski definition) is 2. The first-order valence-electron chi connectivity index (χ1n) is 7.29. The molecule has 1 aromatic carbocycles. The van der Waals surface area contributed by atoms with Crippen molar-refractivity contribution >= 4 is 15.9 Å². The monoisotopic (exact) mass is 325 g/mol. The second-order valence-corrected chi connectivity index (χ2v) is 6.17. The molecular formula is C16H24BrNO. The molecule has 0 heterocycles. The van der Waals surface area contributed by atoms with Gasteiger partial charge in [-0.3, -0.25) is 0 Å². The Bertz CT molecular complexity index is 415. The Labute approximate surface area is 125 Å². The van der Waals surface area contributed by atoms with E-state index in [1.54, 1.807) is 0 Å². The summed E-state index contributed by atoms with van der Waals surface area (Å²) in [6.45, 7) is 6.90. The molecule has 0 spiro atoms. The normalized spacial score (nSPS) is 14.9. The molecule has 106 valence electrons. The fraction of sp³-hybridized carbons (Fsp3) is 0.625. The van der Waals surface area contributed by atoms with Gasteiger partial charge in [0.1, 0.15) is 0 Å². The highest BCUT2D eigenvalue weighted by Crippen LogP contribution is 2.25. The number of aryl methyl sites for hydroxylation is 1. The highest BCUT2D eigenvalue weighted by Gasteiger charge is 2.20. The predicted octanol–water partition coefficient (Wildman–Crippen LogP) is 3.98. The van der Waals surface area contributed by atoms with Crippen molar-refractivity contribution in [2.75, 3.05) is 13.2 Å². The van der Waals surface area contributed by atoms with Crippen molar-refractivity contribution in [1.82, 2.24) is 5.32 Å². The summed E-state index contributed by atoms with van der Waals surface area (Å²) >= 11 is 3.68.